The van der Waals surface area contributed by atoms with Crippen LogP contribution in [0.3, 0.4) is 0 Å². The van der Waals surface area contributed by atoms with Gasteiger partial charge in [0.05, 0.1) is 4.90 Å². The van der Waals surface area contributed by atoms with E-state index in [1.54, 1.807) is 48.7 Å². The van der Waals surface area contributed by atoms with Crippen molar-refractivity contribution < 1.29 is 22.8 Å². The molecule has 12 heteroatoms. The van der Waals surface area contributed by atoms with Crippen LogP contribution < -0.4 is 16.4 Å². The molecule has 0 aliphatic carbocycles. The molecule has 0 spiro atoms. The van der Waals surface area contributed by atoms with E-state index in [9.17, 15) is 22.8 Å². The van der Waals surface area contributed by atoms with Crippen molar-refractivity contribution in [2.45, 2.75) is 23.4 Å². The Bertz CT molecular complexity index is 1660. The molecule has 2 atom stereocenters. The number of anilines is 1. The normalized spacial score (nSPS) is 16.7. The molecule has 0 radical (unpaired) electrons. The maximum Gasteiger partial charge on any atom is 0.321 e. The Kier molecular flexibility index (Phi) is 8.04. The summed E-state index contributed by atoms with van der Waals surface area (Å²) in [6.07, 6.45) is 1.84. The molecule has 4 amide bonds. The molecule has 0 saturated carbocycles. The SMILES string of the molecule is NC(=O)[C@@H](Cc1c[nH]c2ccccc12)NC(=O)[C@@H]1CN(C(=O)Nc2ccccc2)CCN1S(=O)(=O)c1ccccc1. The largest absolute Gasteiger partial charge is 0.368 e. The van der Waals surface area contributed by atoms with E-state index in [-0.39, 0.29) is 31.0 Å². The molecule has 5 N–H and O–H groups in total. The second-order valence-electron chi connectivity index (χ2n) is 9.71. The monoisotopic (exact) mass is 574 g/mol. The summed E-state index contributed by atoms with van der Waals surface area (Å²) in [7, 11) is -4.11. The Balaban J connectivity index is 1.40. The molecule has 1 fully saturated rings. The molecule has 5 rings (SSSR count). The number of hydrogen-bond acceptors (Lipinski definition) is 5. The van der Waals surface area contributed by atoms with E-state index >= 15 is 0 Å². The Labute approximate surface area is 237 Å². The number of aromatic nitrogens is 1. The van der Waals surface area contributed by atoms with Crippen molar-refractivity contribution in [2.24, 2.45) is 5.73 Å². The van der Waals surface area contributed by atoms with Crippen LogP contribution in [0.15, 0.2) is 96.0 Å². The summed E-state index contributed by atoms with van der Waals surface area (Å²) in [5, 5.41) is 6.31. The number of hydrogen-bond donors (Lipinski definition) is 4. The molecular weight excluding hydrogens is 544 g/mol. The lowest BCUT2D eigenvalue weighted by atomic mass is 10.0. The van der Waals surface area contributed by atoms with Crippen LogP contribution in [0.2, 0.25) is 0 Å². The summed E-state index contributed by atoms with van der Waals surface area (Å²) in [4.78, 5) is 43.8. The molecule has 0 bridgehead atoms. The van der Waals surface area contributed by atoms with Crippen LogP contribution in [0, 0.1) is 0 Å². The number of nitrogens with two attached hydrogens (primary N) is 1. The number of carbonyl (C=O) groups is 3. The zero-order valence-electron chi connectivity index (χ0n) is 22.1. The number of benzene rings is 3. The number of nitrogens with one attached hydrogen (secondary N) is 3. The molecule has 11 nitrogen and oxygen atoms in total. The van der Waals surface area contributed by atoms with Crippen LogP contribution in [-0.4, -0.2) is 72.2 Å². The van der Waals surface area contributed by atoms with Gasteiger partial charge in [0.1, 0.15) is 12.1 Å². The van der Waals surface area contributed by atoms with Crippen molar-refractivity contribution in [1.82, 2.24) is 19.5 Å². The van der Waals surface area contributed by atoms with E-state index in [0.717, 1.165) is 20.8 Å². The Hall–Kier alpha value is -4.68. The minimum atomic E-state index is -4.11. The van der Waals surface area contributed by atoms with Crippen LogP contribution in [-0.2, 0) is 26.0 Å². The number of H-pyrrole nitrogens is 1. The number of urea groups is 1. The van der Waals surface area contributed by atoms with Gasteiger partial charge in [0.2, 0.25) is 21.8 Å². The first-order chi connectivity index (χ1) is 19.7. The summed E-state index contributed by atoms with van der Waals surface area (Å²) in [6.45, 7) is -0.292. The number of sulfonamides is 1. The van der Waals surface area contributed by atoms with Gasteiger partial charge in [-0.25, -0.2) is 13.2 Å². The molecule has 1 aliphatic rings. The third-order valence-electron chi connectivity index (χ3n) is 7.05. The fourth-order valence-electron chi connectivity index (χ4n) is 4.92. The highest BCUT2D eigenvalue weighted by atomic mass is 32.2. The Morgan fingerprint density at radius 3 is 2.29 bits per heavy atom. The molecule has 4 aromatic rings. The van der Waals surface area contributed by atoms with E-state index < -0.39 is 40.0 Å². The quantitative estimate of drug-likeness (QED) is 0.254. The predicted molar refractivity (Wildman–Crippen MR) is 154 cm³/mol. The van der Waals surface area contributed by atoms with Gasteiger partial charge >= 0.3 is 6.03 Å². The van der Waals surface area contributed by atoms with Gasteiger partial charge in [-0.2, -0.15) is 4.31 Å². The minimum Gasteiger partial charge on any atom is -0.368 e. The molecule has 41 heavy (non-hydrogen) atoms. The van der Waals surface area contributed by atoms with Crippen molar-refractivity contribution in [1.29, 1.82) is 0 Å². The third kappa shape index (κ3) is 6.08. The highest BCUT2D eigenvalue weighted by Gasteiger charge is 2.42. The molecule has 212 valence electrons. The molecule has 1 aromatic heterocycles. The first-order valence-electron chi connectivity index (χ1n) is 13.1. The molecule has 3 aromatic carbocycles. The van der Waals surface area contributed by atoms with E-state index in [0.29, 0.717) is 5.69 Å². The number of amides is 4. The summed E-state index contributed by atoms with van der Waals surface area (Å²) in [6, 6.07) is 21.2. The number of primary amides is 1. The smallest absolute Gasteiger partial charge is 0.321 e. The maximum absolute atomic E-state index is 13.7. The maximum atomic E-state index is 13.7. The van der Waals surface area contributed by atoms with Crippen molar-refractivity contribution >= 4 is 44.5 Å². The number of para-hydroxylation sites is 2. The number of aromatic amines is 1. The number of rotatable bonds is 8. The Morgan fingerprint density at radius 1 is 0.927 bits per heavy atom. The highest BCUT2D eigenvalue weighted by molar-refractivity contribution is 7.89. The lowest BCUT2D eigenvalue weighted by Gasteiger charge is -2.39. The van der Waals surface area contributed by atoms with E-state index in [4.69, 9.17) is 5.73 Å². The molecule has 2 heterocycles. The van der Waals surface area contributed by atoms with Gasteiger partial charge in [-0.05, 0) is 35.9 Å². The molecule has 0 unspecified atom stereocenters. The standard InChI is InChI=1S/C29H30N6O5S/c30-27(36)25(17-20-18-31-24-14-8-7-13-23(20)24)33-28(37)26-19-34(29(38)32-21-9-3-1-4-10-21)15-16-35(26)41(39,40)22-11-5-2-6-12-22/h1-14,18,25-26,31H,15-17,19H2,(H2,30,36)(H,32,38)(H,33,37)/t25-,26+/m1/s1. The van der Waals surface area contributed by atoms with Crippen molar-refractivity contribution in [3.63, 3.8) is 0 Å². The topological polar surface area (TPSA) is 158 Å². The van der Waals surface area contributed by atoms with Crippen LogP contribution in [0.1, 0.15) is 5.56 Å². The van der Waals surface area contributed by atoms with Crippen molar-refractivity contribution in [2.75, 3.05) is 25.0 Å². The van der Waals surface area contributed by atoms with Crippen molar-refractivity contribution in [3.05, 3.63) is 96.7 Å². The number of piperazine rings is 1. The second-order valence-corrected chi connectivity index (χ2v) is 11.6. The van der Waals surface area contributed by atoms with Gasteiger partial charge in [0.25, 0.3) is 0 Å². The van der Waals surface area contributed by atoms with Gasteiger partial charge in [-0.15, -0.1) is 0 Å². The van der Waals surface area contributed by atoms with Crippen LogP contribution in [0.5, 0.6) is 0 Å². The number of carbonyl (C=O) groups excluding carboxylic acids is 3. The highest BCUT2D eigenvalue weighted by Crippen LogP contribution is 2.23. The summed E-state index contributed by atoms with van der Waals surface area (Å²) < 4.78 is 28.3. The van der Waals surface area contributed by atoms with Crippen LogP contribution >= 0.6 is 0 Å². The van der Waals surface area contributed by atoms with Gasteiger partial charge in [0.15, 0.2) is 0 Å². The predicted octanol–water partition coefficient (Wildman–Crippen LogP) is 2.29. The van der Waals surface area contributed by atoms with E-state index in [1.807, 2.05) is 30.3 Å². The first-order valence-corrected chi connectivity index (χ1v) is 14.5. The first kappa shape index (κ1) is 27.9. The van der Waals surface area contributed by atoms with Crippen molar-refractivity contribution in [3.8, 4) is 0 Å². The third-order valence-corrected chi connectivity index (χ3v) is 8.98. The van der Waals surface area contributed by atoms with E-state index in [1.165, 1.54) is 17.0 Å². The average molecular weight is 575 g/mol. The zero-order chi connectivity index (χ0) is 29.0. The Morgan fingerprint density at radius 2 is 1.59 bits per heavy atom. The zero-order valence-corrected chi connectivity index (χ0v) is 22.9. The minimum absolute atomic E-state index is 0.0187. The van der Waals surface area contributed by atoms with Gasteiger partial charge in [0, 0.05) is 48.8 Å². The molecule has 1 aliphatic heterocycles. The molecular formula is C29H30N6O5S. The van der Waals surface area contributed by atoms with Crippen LogP contribution in [0.25, 0.3) is 10.9 Å². The average Bonchev–Trinajstić information content (AvgIpc) is 3.40. The van der Waals surface area contributed by atoms with Gasteiger partial charge < -0.3 is 26.3 Å². The second kappa shape index (κ2) is 11.8. The van der Waals surface area contributed by atoms with Gasteiger partial charge in [-0.3, -0.25) is 9.59 Å². The molecule has 1 saturated heterocycles. The summed E-state index contributed by atoms with van der Waals surface area (Å²) in [5.41, 5.74) is 7.87. The summed E-state index contributed by atoms with van der Waals surface area (Å²) in [5.74, 6) is -1.50. The summed E-state index contributed by atoms with van der Waals surface area (Å²) >= 11 is 0. The van der Waals surface area contributed by atoms with Crippen LogP contribution in [0.4, 0.5) is 10.5 Å². The number of fused-ring (bicyclic) bond motifs is 1. The fraction of sp³-hybridized carbons (Fsp3) is 0.207. The lowest BCUT2D eigenvalue weighted by Crippen LogP contribution is -2.63. The fourth-order valence-corrected chi connectivity index (χ4v) is 6.51. The van der Waals surface area contributed by atoms with E-state index in [2.05, 4.69) is 15.6 Å². The van der Waals surface area contributed by atoms with Gasteiger partial charge in [-0.1, -0.05) is 54.6 Å². The number of nitrogens with zero attached hydrogens (tertiary/aromatic N) is 2. The lowest BCUT2D eigenvalue weighted by molar-refractivity contribution is -0.130.